The molecule has 1 unspecified atom stereocenters. The zero-order valence-corrected chi connectivity index (χ0v) is 19.9. The maximum atomic E-state index is 12.7. The van der Waals surface area contributed by atoms with Crippen molar-refractivity contribution in [1.82, 2.24) is 20.1 Å². The van der Waals surface area contributed by atoms with Gasteiger partial charge in [0.1, 0.15) is 16.8 Å². The number of carbonyl (C=O) groups is 1. The maximum absolute atomic E-state index is 12.7. The Bertz CT molecular complexity index is 1300. The number of rotatable bonds is 9. The Morgan fingerprint density at radius 1 is 1.06 bits per heavy atom. The van der Waals surface area contributed by atoms with Gasteiger partial charge in [-0.1, -0.05) is 30.3 Å². The minimum absolute atomic E-state index is 0.267. The minimum atomic E-state index is -0.745. The van der Waals surface area contributed by atoms with Crippen LogP contribution in [0.5, 0.6) is 5.75 Å². The van der Waals surface area contributed by atoms with Crippen molar-refractivity contribution in [1.29, 1.82) is 0 Å². The largest absolute Gasteiger partial charge is 0.494 e. The van der Waals surface area contributed by atoms with E-state index in [9.17, 15) is 9.59 Å². The highest BCUT2D eigenvalue weighted by molar-refractivity contribution is 7.13. The van der Waals surface area contributed by atoms with E-state index in [2.05, 4.69) is 15.4 Å². The van der Waals surface area contributed by atoms with E-state index in [1.165, 1.54) is 10.7 Å². The van der Waals surface area contributed by atoms with E-state index in [0.29, 0.717) is 25.3 Å². The van der Waals surface area contributed by atoms with Crippen LogP contribution in [0.3, 0.4) is 0 Å². The summed E-state index contributed by atoms with van der Waals surface area (Å²) in [6, 6.07) is 19.8. The van der Waals surface area contributed by atoms with Crippen molar-refractivity contribution in [3.8, 4) is 27.6 Å². The molecule has 2 aromatic carbocycles. The lowest BCUT2D eigenvalue weighted by molar-refractivity contribution is -0.124. The van der Waals surface area contributed by atoms with Crippen LogP contribution in [0, 0.1) is 0 Å². The Hall–Kier alpha value is -3.78. The second-order valence-electron chi connectivity index (χ2n) is 7.69. The fourth-order valence-corrected chi connectivity index (χ4v) is 4.31. The average Bonchev–Trinajstić information content (AvgIpc) is 3.34. The Balaban J connectivity index is 1.38. The highest BCUT2D eigenvalue weighted by Crippen LogP contribution is 2.23. The summed E-state index contributed by atoms with van der Waals surface area (Å²) >= 11 is 1.58. The first kappa shape index (κ1) is 23.4. The van der Waals surface area contributed by atoms with Gasteiger partial charge in [0.25, 0.3) is 5.56 Å². The number of hydrogen-bond acceptors (Lipinski definition) is 6. The summed E-state index contributed by atoms with van der Waals surface area (Å²) in [6.45, 7) is 4.61. The molecule has 2 aromatic heterocycles. The predicted molar refractivity (Wildman–Crippen MR) is 134 cm³/mol. The van der Waals surface area contributed by atoms with E-state index in [-0.39, 0.29) is 11.5 Å². The molecule has 0 spiro atoms. The van der Waals surface area contributed by atoms with Gasteiger partial charge >= 0.3 is 0 Å². The molecular formula is C26H26N4O3S. The van der Waals surface area contributed by atoms with Crippen molar-refractivity contribution < 1.29 is 9.53 Å². The minimum Gasteiger partial charge on any atom is -0.494 e. The lowest BCUT2D eigenvalue weighted by atomic mass is 10.1. The van der Waals surface area contributed by atoms with E-state index in [1.54, 1.807) is 24.3 Å². The third-order valence-corrected chi connectivity index (χ3v) is 6.23. The Morgan fingerprint density at radius 2 is 1.82 bits per heavy atom. The highest BCUT2D eigenvalue weighted by atomic mass is 32.1. The van der Waals surface area contributed by atoms with Crippen molar-refractivity contribution in [2.24, 2.45) is 0 Å². The molecule has 34 heavy (non-hydrogen) atoms. The van der Waals surface area contributed by atoms with Gasteiger partial charge in [0, 0.05) is 35.5 Å². The molecular weight excluding hydrogens is 448 g/mol. The van der Waals surface area contributed by atoms with Crippen molar-refractivity contribution in [2.75, 3.05) is 13.2 Å². The lowest BCUT2D eigenvalue weighted by Crippen LogP contribution is -2.37. The molecule has 0 aliphatic heterocycles. The van der Waals surface area contributed by atoms with E-state index >= 15 is 0 Å². The Labute approximate surface area is 202 Å². The van der Waals surface area contributed by atoms with Crippen LogP contribution < -0.4 is 15.6 Å². The van der Waals surface area contributed by atoms with Crippen LogP contribution >= 0.6 is 11.3 Å². The van der Waals surface area contributed by atoms with Crippen LogP contribution in [0.4, 0.5) is 0 Å². The smallest absolute Gasteiger partial charge is 0.267 e. The Morgan fingerprint density at radius 3 is 2.56 bits per heavy atom. The van der Waals surface area contributed by atoms with Crippen molar-refractivity contribution in [3.05, 3.63) is 88.2 Å². The third-order valence-electron chi connectivity index (χ3n) is 5.29. The van der Waals surface area contributed by atoms with Gasteiger partial charge in [-0.25, -0.2) is 9.67 Å². The Kier molecular flexibility index (Phi) is 7.49. The maximum Gasteiger partial charge on any atom is 0.267 e. The number of hydrogen-bond donors (Lipinski definition) is 1. The first-order chi connectivity index (χ1) is 16.5. The molecule has 0 aliphatic rings. The quantitative estimate of drug-likeness (QED) is 0.390. The van der Waals surface area contributed by atoms with Gasteiger partial charge in [-0.3, -0.25) is 9.59 Å². The van der Waals surface area contributed by atoms with Crippen LogP contribution in [-0.4, -0.2) is 33.8 Å². The molecule has 4 rings (SSSR count). The summed E-state index contributed by atoms with van der Waals surface area (Å²) in [6.07, 6.45) is 0.607. The van der Waals surface area contributed by atoms with Crippen LogP contribution in [0.15, 0.2) is 76.9 Å². The number of thiazole rings is 1. The molecule has 0 bridgehead atoms. The average molecular weight is 475 g/mol. The second kappa shape index (κ2) is 10.9. The van der Waals surface area contributed by atoms with E-state index in [4.69, 9.17) is 4.74 Å². The molecule has 174 valence electrons. The molecule has 7 nitrogen and oxygen atoms in total. The van der Waals surface area contributed by atoms with Crippen molar-refractivity contribution in [3.63, 3.8) is 0 Å². The summed E-state index contributed by atoms with van der Waals surface area (Å²) in [4.78, 5) is 29.8. The van der Waals surface area contributed by atoms with Gasteiger partial charge in [-0.15, -0.1) is 11.3 Å². The van der Waals surface area contributed by atoms with Gasteiger partial charge < -0.3 is 10.1 Å². The molecule has 0 saturated carbocycles. The van der Waals surface area contributed by atoms with Gasteiger partial charge in [-0.05, 0) is 44.2 Å². The molecule has 0 fully saturated rings. The van der Waals surface area contributed by atoms with Crippen molar-refractivity contribution >= 4 is 17.2 Å². The number of aromatic nitrogens is 3. The monoisotopic (exact) mass is 474 g/mol. The molecule has 8 heteroatoms. The summed E-state index contributed by atoms with van der Waals surface area (Å²) < 4.78 is 6.69. The molecule has 1 N–H and O–H groups in total. The van der Waals surface area contributed by atoms with E-state index < -0.39 is 6.04 Å². The third kappa shape index (κ3) is 5.58. The zero-order valence-electron chi connectivity index (χ0n) is 19.1. The van der Waals surface area contributed by atoms with Crippen LogP contribution in [0.25, 0.3) is 21.8 Å². The molecule has 1 amide bonds. The van der Waals surface area contributed by atoms with Gasteiger partial charge in [-0.2, -0.15) is 5.10 Å². The van der Waals surface area contributed by atoms with E-state index in [0.717, 1.165) is 27.6 Å². The number of carbonyl (C=O) groups excluding carboxylic acids is 1. The van der Waals surface area contributed by atoms with Gasteiger partial charge in [0.2, 0.25) is 5.91 Å². The topological polar surface area (TPSA) is 86.1 Å². The fourth-order valence-electron chi connectivity index (χ4n) is 3.45. The second-order valence-corrected chi connectivity index (χ2v) is 8.54. The first-order valence-electron chi connectivity index (χ1n) is 11.2. The molecule has 2 heterocycles. The molecule has 0 saturated heterocycles. The first-order valence-corrected chi connectivity index (χ1v) is 12.0. The zero-order chi connectivity index (χ0) is 23.9. The number of amides is 1. The van der Waals surface area contributed by atoms with Gasteiger partial charge in [0.15, 0.2) is 0 Å². The molecule has 1 atom stereocenters. The SMILES string of the molecule is CCOc1ccc(-c2ccc(=O)n(C(C)C(=O)NCCc3csc(-c4ccccc4)n3)n2)cc1. The standard InChI is InChI=1S/C26H26N4O3S/c1-3-33-22-11-9-19(10-12-22)23-13-14-24(31)30(29-23)18(2)25(32)27-16-15-21-17-34-26(28-21)20-7-5-4-6-8-20/h4-14,17-18H,3,15-16H2,1-2H3,(H,27,32). The summed E-state index contributed by atoms with van der Waals surface area (Å²) in [5.41, 5.74) is 3.11. The summed E-state index contributed by atoms with van der Waals surface area (Å²) in [5, 5.41) is 10.3. The van der Waals surface area contributed by atoms with Gasteiger partial charge in [0.05, 0.1) is 18.0 Å². The fraction of sp³-hybridized carbons (Fsp3) is 0.231. The number of nitrogens with one attached hydrogen (secondary N) is 1. The lowest BCUT2D eigenvalue weighted by Gasteiger charge is -2.15. The number of ether oxygens (including phenoxy) is 1. The molecule has 4 aromatic rings. The van der Waals surface area contributed by atoms with E-state index in [1.807, 2.05) is 66.9 Å². The van der Waals surface area contributed by atoms with Crippen molar-refractivity contribution in [2.45, 2.75) is 26.3 Å². The number of benzene rings is 2. The molecule has 0 radical (unpaired) electrons. The highest BCUT2D eigenvalue weighted by Gasteiger charge is 2.18. The van der Waals surface area contributed by atoms with Crippen LogP contribution in [0.1, 0.15) is 25.6 Å². The normalized spacial score (nSPS) is 11.7. The summed E-state index contributed by atoms with van der Waals surface area (Å²) in [5.74, 6) is 0.500. The molecule has 0 aliphatic carbocycles. The van der Waals surface area contributed by atoms with Crippen LogP contribution in [0.2, 0.25) is 0 Å². The predicted octanol–water partition coefficient (Wildman–Crippen LogP) is 4.35. The number of nitrogens with zero attached hydrogens (tertiary/aromatic N) is 3. The van der Waals surface area contributed by atoms with Crippen LogP contribution in [-0.2, 0) is 11.2 Å². The summed E-state index contributed by atoms with van der Waals surface area (Å²) in [7, 11) is 0.